The minimum atomic E-state index is -4.25. The van der Waals surface area contributed by atoms with Gasteiger partial charge < -0.3 is 23.5 Å². The Morgan fingerprint density at radius 1 is 1.12 bits per heavy atom. The third kappa shape index (κ3) is 6.19. The number of methoxy groups -OCH3 is 2. The van der Waals surface area contributed by atoms with Crippen molar-refractivity contribution in [1.82, 2.24) is 18.6 Å². The number of imidazole rings is 1. The van der Waals surface area contributed by atoms with Crippen molar-refractivity contribution in [3.63, 3.8) is 0 Å². The van der Waals surface area contributed by atoms with E-state index >= 15 is 8.78 Å². The number of aryl methyl sites for hydroxylation is 1. The first-order valence-electron chi connectivity index (χ1n) is 13.5. The quantitative estimate of drug-likeness (QED) is 0.290. The van der Waals surface area contributed by atoms with Gasteiger partial charge in [-0.05, 0) is 54.4 Å². The van der Waals surface area contributed by atoms with Crippen LogP contribution in [0.15, 0.2) is 59.6 Å². The minimum Gasteiger partial charge on any atom is -0.497 e. The van der Waals surface area contributed by atoms with Crippen LogP contribution in [-0.4, -0.2) is 80.2 Å². The number of fused-ring (bicyclic) bond motifs is 1. The highest BCUT2D eigenvalue weighted by molar-refractivity contribution is 7.89. The molecule has 3 heterocycles. The summed E-state index contributed by atoms with van der Waals surface area (Å²) in [5.74, 6) is -1.52. The third-order valence-electron chi connectivity index (χ3n) is 7.40. The van der Waals surface area contributed by atoms with Gasteiger partial charge in [0.15, 0.2) is 0 Å². The summed E-state index contributed by atoms with van der Waals surface area (Å²) in [6.07, 6.45) is 0.940. The molecule has 2 aromatic carbocycles. The van der Waals surface area contributed by atoms with Crippen LogP contribution in [0.5, 0.6) is 5.75 Å². The molecule has 0 unspecified atom stereocenters. The number of amides is 1. The van der Waals surface area contributed by atoms with Crippen molar-refractivity contribution in [2.24, 2.45) is 0 Å². The molecular formula is C30H32F2N4O6S. The second-order valence-corrected chi connectivity index (χ2v) is 12.4. The van der Waals surface area contributed by atoms with Crippen molar-refractivity contribution in [3.05, 3.63) is 83.2 Å². The van der Waals surface area contributed by atoms with Crippen LogP contribution in [0.2, 0.25) is 0 Å². The van der Waals surface area contributed by atoms with Gasteiger partial charge in [0.05, 0.1) is 55.3 Å². The second-order valence-electron chi connectivity index (χ2n) is 10.3. The number of carbonyl (C=O) groups excluding carboxylic acids is 1. The molecule has 5 rings (SSSR count). The SMILES string of the molecule is COC(=O)N1CCO[C@@H](Cc2c(-c3c(F)cc(S(=O)(=O)N(C)Cc4ccc(OC)cc4)cc3F)nc3cc(C)ccn23)C1. The highest BCUT2D eigenvalue weighted by atomic mass is 32.2. The molecule has 1 atom stereocenters. The Bertz CT molecular complexity index is 1740. The van der Waals surface area contributed by atoms with Gasteiger partial charge in [-0.25, -0.2) is 27.0 Å². The molecule has 43 heavy (non-hydrogen) atoms. The first-order chi connectivity index (χ1) is 20.5. The van der Waals surface area contributed by atoms with Crippen LogP contribution in [0.3, 0.4) is 0 Å². The number of carbonyl (C=O) groups is 1. The Morgan fingerprint density at radius 2 is 1.81 bits per heavy atom. The van der Waals surface area contributed by atoms with E-state index in [1.54, 1.807) is 40.9 Å². The maximum Gasteiger partial charge on any atom is 0.409 e. The number of pyridine rings is 1. The lowest BCUT2D eigenvalue weighted by molar-refractivity contribution is -0.0241. The Morgan fingerprint density at radius 3 is 2.47 bits per heavy atom. The molecule has 13 heteroatoms. The van der Waals surface area contributed by atoms with Gasteiger partial charge in [0.1, 0.15) is 23.0 Å². The number of sulfonamides is 1. The van der Waals surface area contributed by atoms with E-state index in [1.807, 2.05) is 13.0 Å². The zero-order valence-electron chi connectivity index (χ0n) is 24.2. The molecule has 0 spiro atoms. The molecule has 2 aromatic heterocycles. The van der Waals surface area contributed by atoms with E-state index in [2.05, 4.69) is 4.98 Å². The zero-order valence-corrected chi connectivity index (χ0v) is 25.0. The van der Waals surface area contributed by atoms with E-state index < -0.39 is 44.3 Å². The van der Waals surface area contributed by atoms with Crippen LogP contribution < -0.4 is 4.74 Å². The molecule has 0 N–H and O–H groups in total. The van der Waals surface area contributed by atoms with Crippen LogP contribution in [0, 0.1) is 18.6 Å². The summed E-state index contributed by atoms with van der Waals surface area (Å²) >= 11 is 0. The number of nitrogens with zero attached hydrogens (tertiary/aromatic N) is 4. The van der Waals surface area contributed by atoms with E-state index in [-0.39, 0.29) is 31.8 Å². The van der Waals surface area contributed by atoms with Crippen LogP contribution in [0.25, 0.3) is 16.9 Å². The second kappa shape index (κ2) is 12.3. The van der Waals surface area contributed by atoms with Gasteiger partial charge in [-0.3, -0.25) is 0 Å². The van der Waals surface area contributed by atoms with E-state index in [0.29, 0.717) is 29.2 Å². The zero-order chi connectivity index (χ0) is 30.9. The van der Waals surface area contributed by atoms with Gasteiger partial charge in [0.25, 0.3) is 0 Å². The Balaban J connectivity index is 1.50. The molecule has 0 bridgehead atoms. The topological polar surface area (TPSA) is 103 Å². The summed E-state index contributed by atoms with van der Waals surface area (Å²) in [5.41, 5.74) is 2.05. The van der Waals surface area contributed by atoms with E-state index in [0.717, 1.165) is 22.0 Å². The summed E-state index contributed by atoms with van der Waals surface area (Å²) in [7, 11) is -0.0883. The fraction of sp³-hybridized carbons (Fsp3) is 0.333. The highest BCUT2D eigenvalue weighted by Gasteiger charge is 2.30. The fourth-order valence-corrected chi connectivity index (χ4v) is 6.31. The van der Waals surface area contributed by atoms with Gasteiger partial charge in [-0.2, -0.15) is 4.31 Å². The molecule has 10 nitrogen and oxygen atoms in total. The number of ether oxygens (including phenoxy) is 3. The number of rotatable bonds is 8. The predicted molar refractivity (Wildman–Crippen MR) is 154 cm³/mol. The number of morpholine rings is 1. The smallest absolute Gasteiger partial charge is 0.409 e. The van der Waals surface area contributed by atoms with Crippen LogP contribution in [-0.2, 0) is 32.5 Å². The third-order valence-corrected chi connectivity index (χ3v) is 9.18. The largest absolute Gasteiger partial charge is 0.497 e. The van der Waals surface area contributed by atoms with Crippen molar-refractivity contribution >= 4 is 21.8 Å². The molecule has 0 radical (unpaired) electrons. The molecule has 0 aliphatic carbocycles. The summed E-state index contributed by atoms with van der Waals surface area (Å²) < 4.78 is 76.8. The monoisotopic (exact) mass is 614 g/mol. The molecule has 1 saturated heterocycles. The van der Waals surface area contributed by atoms with Gasteiger partial charge in [0, 0.05) is 32.8 Å². The van der Waals surface area contributed by atoms with Crippen molar-refractivity contribution in [2.45, 2.75) is 30.9 Å². The average molecular weight is 615 g/mol. The standard InChI is InChI=1S/C30H32F2N4O6S/c1-19-9-10-36-26(14-22-18-35(11-12-42-22)30(37)41-4)29(33-27(36)13-19)28-24(31)15-23(16-25(28)32)43(38,39)34(2)17-20-5-7-21(40-3)8-6-20/h5-10,13,15-16,22H,11-12,14,17-18H2,1-4H3/t22-/m0/s1. The van der Waals surface area contributed by atoms with E-state index in [4.69, 9.17) is 14.2 Å². The lowest BCUT2D eigenvalue weighted by atomic mass is 10.0. The van der Waals surface area contributed by atoms with E-state index in [9.17, 15) is 13.2 Å². The van der Waals surface area contributed by atoms with Crippen molar-refractivity contribution in [1.29, 1.82) is 0 Å². The Labute approximate surface area is 248 Å². The first kappa shape index (κ1) is 30.4. The predicted octanol–water partition coefficient (Wildman–Crippen LogP) is 4.43. The number of benzene rings is 2. The molecule has 1 amide bonds. The first-order valence-corrected chi connectivity index (χ1v) is 15.0. The lowest BCUT2D eigenvalue weighted by Gasteiger charge is -2.32. The fourth-order valence-electron chi connectivity index (χ4n) is 5.12. The van der Waals surface area contributed by atoms with Gasteiger partial charge in [-0.1, -0.05) is 12.1 Å². The Kier molecular flexibility index (Phi) is 8.67. The minimum absolute atomic E-state index is 0.0166. The number of hydrogen-bond acceptors (Lipinski definition) is 7. The summed E-state index contributed by atoms with van der Waals surface area (Å²) in [6.45, 7) is 2.69. The normalized spacial score (nSPS) is 15.7. The maximum absolute atomic E-state index is 15.8. The Hall–Kier alpha value is -4.07. The number of hydrogen-bond donors (Lipinski definition) is 0. The molecular weight excluding hydrogens is 582 g/mol. The van der Waals surface area contributed by atoms with Crippen LogP contribution in [0.4, 0.5) is 13.6 Å². The van der Waals surface area contributed by atoms with Gasteiger partial charge in [-0.15, -0.1) is 0 Å². The number of halogens is 2. The molecule has 4 aromatic rings. The summed E-state index contributed by atoms with van der Waals surface area (Å²) in [6, 6.07) is 12.1. The molecule has 228 valence electrons. The van der Waals surface area contributed by atoms with Crippen molar-refractivity contribution in [2.75, 3.05) is 41.0 Å². The van der Waals surface area contributed by atoms with Gasteiger partial charge >= 0.3 is 6.09 Å². The van der Waals surface area contributed by atoms with Crippen LogP contribution in [0.1, 0.15) is 16.8 Å². The molecule has 1 aliphatic heterocycles. The highest BCUT2D eigenvalue weighted by Crippen LogP contribution is 2.33. The lowest BCUT2D eigenvalue weighted by Crippen LogP contribution is -2.46. The van der Waals surface area contributed by atoms with Gasteiger partial charge in [0.2, 0.25) is 10.0 Å². The van der Waals surface area contributed by atoms with Crippen molar-refractivity contribution < 1.29 is 36.2 Å². The summed E-state index contributed by atoms with van der Waals surface area (Å²) in [4.78, 5) is 17.6. The van der Waals surface area contributed by atoms with Crippen molar-refractivity contribution in [3.8, 4) is 17.0 Å². The molecule has 1 fully saturated rings. The molecule has 0 saturated carbocycles. The average Bonchev–Trinajstić information content (AvgIpc) is 3.33. The maximum atomic E-state index is 15.8. The number of aromatic nitrogens is 2. The van der Waals surface area contributed by atoms with E-state index in [1.165, 1.54) is 26.2 Å². The molecule has 1 aliphatic rings. The summed E-state index contributed by atoms with van der Waals surface area (Å²) in [5, 5.41) is 0. The van der Waals surface area contributed by atoms with Crippen LogP contribution >= 0.6 is 0 Å².